The van der Waals surface area contributed by atoms with Gasteiger partial charge in [-0.1, -0.05) is 91.0 Å². The summed E-state index contributed by atoms with van der Waals surface area (Å²) in [5.74, 6) is 1.16. The lowest BCUT2D eigenvalue weighted by molar-refractivity contribution is 0.416. The van der Waals surface area contributed by atoms with Crippen molar-refractivity contribution in [1.29, 1.82) is 0 Å². The minimum absolute atomic E-state index is 0.0858. The van der Waals surface area contributed by atoms with E-state index in [-0.39, 0.29) is 11.5 Å². The highest BCUT2D eigenvalue weighted by Gasteiger charge is 2.15. The van der Waals surface area contributed by atoms with E-state index in [4.69, 9.17) is 4.74 Å². The first-order chi connectivity index (χ1) is 17.2. The van der Waals surface area contributed by atoms with E-state index < -0.39 is 0 Å². The van der Waals surface area contributed by atoms with E-state index in [1.165, 1.54) is 0 Å². The van der Waals surface area contributed by atoms with Gasteiger partial charge < -0.3 is 14.9 Å². The molecule has 0 amide bonds. The van der Waals surface area contributed by atoms with Gasteiger partial charge in [0.25, 0.3) is 0 Å². The van der Waals surface area contributed by atoms with E-state index in [0.717, 1.165) is 38.4 Å². The quantitative estimate of drug-likeness (QED) is 0.281. The van der Waals surface area contributed by atoms with Gasteiger partial charge in [-0.3, -0.25) is 0 Å². The average molecular weight is 455 g/mol. The summed E-state index contributed by atoms with van der Waals surface area (Å²) in [6, 6.07) is 39.0. The van der Waals surface area contributed by atoms with Gasteiger partial charge in [0.15, 0.2) is 11.5 Å². The van der Waals surface area contributed by atoms with E-state index in [1.54, 1.807) is 6.07 Å². The van der Waals surface area contributed by atoms with Crippen molar-refractivity contribution in [2.24, 2.45) is 0 Å². The normalized spacial score (nSPS) is 11.1. The number of aromatic hydroxyl groups is 2. The van der Waals surface area contributed by atoms with Crippen molar-refractivity contribution in [1.82, 2.24) is 0 Å². The third-order valence-electron chi connectivity index (χ3n) is 6.34. The maximum absolute atomic E-state index is 11.1. The molecule has 168 valence electrons. The van der Waals surface area contributed by atoms with Gasteiger partial charge in [-0.05, 0) is 63.4 Å². The Morgan fingerprint density at radius 1 is 0.457 bits per heavy atom. The number of phenols is 2. The maximum atomic E-state index is 11.1. The predicted octanol–water partition coefficient (Wildman–Crippen LogP) is 8.53. The first-order valence-corrected chi connectivity index (χ1v) is 11.5. The molecule has 0 aliphatic heterocycles. The van der Waals surface area contributed by atoms with Crippen LogP contribution in [0.1, 0.15) is 0 Å². The second-order valence-corrected chi connectivity index (χ2v) is 8.49. The minimum atomic E-state index is 0.0858. The summed E-state index contributed by atoms with van der Waals surface area (Å²) in [4.78, 5) is 0. The van der Waals surface area contributed by atoms with Crippen molar-refractivity contribution in [3.63, 3.8) is 0 Å². The second kappa shape index (κ2) is 8.54. The van der Waals surface area contributed by atoms with E-state index >= 15 is 0 Å². The summed E-state index contributed by atoms with van der Waals surface area (Å²) in [7, 11) is 0. The van der Waals surface area contributed by atoms with Crippen LogP contribution in [0.5, 0.6) is 23.0 Å². The molecule has 0 heterocycles. The number of ether oxygens (including phenoxy) is 1. The fourth-order valence-electron chi connectivity index (χ4n) is 4.64. The van der Waals surface area contributed by atoms with Crippen LogP contribution >= 0.6 is 0 Å². The molecule has 0 saturated heterocycles. The van der Waals surface area contributed by atoms with Crippen LogP contribution in [0.15, 0.2) is 121 Å². The lowest BCUT2D eigenvalue weighted by atomic mass is 9.97. The van der Waals surface area contributed by atoms with Crippen molar-refractivity contribution in [2.75, 3.05) is 0 Å². The van der Waals surface area contributed by atoms with Crippen molar-refractivity contribution in [2.45, 2.75) is 0 Å². The van der Waals surface area contributed by atoms with E-state index in [2.05, 4.69) is 12.1 Å². The number of fused-ring (bicyclic) bond motifs is 2. The Bertz CT molecular complexity index is 1670. The molecule has 0 aromatic heterocycles. The molecule has 0 aliphatic rings. The number of hydrogen-bond acceptors (Lipinski definition) is 3. The van der Waals surface area contributed by atoms with Crippen LogP contribution in [-0.2, 0) is 0 Å². The molecule has 0 spiro atoms. The lowest BCUT2D eigenvalue weighted by Gasteiger charge is -2.15. The molecule has 2 N–H and O–H groups in total. The van der Waals surface area contributed by atoms with Gasteiger partial charge >= 0.3 is 0 Å². The monoisotopic (exact) mass is 454 g/mol. The van der Waals surface area contributed by atoms with Crippen LogP contribution in [0.4, 0.5) is 0 Å². The lowest BCUT2D eigenvalue weighted by Crippen LogP contribution is -1.90. The molecule has 0 unspecified atom stereocenters. The van der Waals surface area contributed by atoms with Crippen LogP contribution in [-0.4, -0.2) is 10.2 Å². The second-order valence-electron chi connectivity index (χ2n) is 8.49. The number of rotatable bonds is 4. The highest BCUT2D eigenvalue weighted by atomic mass is 16.5. The van der Waals surface area contributed by atoms with E-state index in [0.29, 0.717) is 16.9 Å². The molecule has 6 aromatic carbocycles. The average Bonchev–Trinajstić information content (AvgIpc) is 2.92. The summed E-state index contributed by atoms with van der Waals surface area (Å²) in [5, 5.41) is 25.0. The fourth-order valence-corrected chi connectivity index (χ4v) is 4.64. The van der Waals surface area contributed by atoms with Crippen molar-refractivity contribution in [3.05, 3.63) is 121 Å². The Balaban J connectivity index is 1.48. The summed E-state index contributed by atoms with van der Waals surface area (Å²) in [5.41, 5.74) is 4.12. The zero-order chi connectivity index (χ0) is 23.8. The van der Waals surface area contributed by atoms with Gasteiger partial charge in [0.05, 0.1) is 0 Å². The van der Waals surface area contributed by atoms with Gasteiger partial charge in [-0.15, -0.1) is 0 Å². The highest BCUT2D eigenvalue weighted by molar-refractivity contribution is 6.02. The molecule has 35 heavy (non-hydrogen) atoms. The number of benzene rings is 6. The number of hydrogen-bond donors (Lipinski definition) is 2. The van der Waals surface area contributed by atoms with Gasteiger partial charge in [0.1, 0.15) is 11.5 Å². The van der Waals surface area contributed by atoms with Crippen molar-refractivity contribution < 1.29 is 14.9 Å². The number of phenolic OH excluding ortho intramolecular Hbond substituents is 2. The molecule has 6 aromatic rings. The molecule has 0 atom stereocenters. The minimum Gasteiger partial charge on any atom is -0.507 e. The fraction of sp³-hybridized carbons (Fsp3) is 0. The topological polar surface area (TPSA) is 49.7 Å². The summed E-state index contributed by atoms with van der Waals surface area (Å²) in [6.45, 7) is 0. The van der Waals surface area contributed by atoms with Gasteiger partial charge in [-0.2, -0.15) is 0 Å². The predicted molar refractivity (Wildman–Crippen MR) is 142 cm³/mol. The van der Waals surface area contributed by atoms with Crippen LogP contribution in [0, 0.1) is 0 Å². The molecule has 0 bridgehead atoms. The summed E-state index contributed by atoms with van der Waals surface area (Å²) >= 11 is 0. The SMILES string of the molecule is Oc1ccc(-c2ccccc2)c2ccc(Oc3cc(-c4ccccc4)c4ccccc4c3O)cc12. The van der Waals surface area contributed by atoms with Crippen LogP contribution in [0.3, 0.4) is 0 Å². The van der Waals surface area contributed by atoms with Gasteiger partial charge in [-0.25, -0.2) is 0 Å². The molecule has 6 rings (SSSR count). The largest absolute Gasteiger partial charge is 0.507 e. The third-order valence-corrected chi connectivity index (χ3v) is 6.34. The van der Waals surface area contributed by atoms with Gasteiger partial charge in [0, 0.05) is 10.8 Å². The zero-order valence-electron chi connectivity index (χ0n) is 18.8. The van der Waals surface area contributed by atoms with Crippen LogP contribution in [0.25, 0.3) is 43.8 Å². The Morgan fingerprint density at radius 3 is 1.77 bits per heavy atom. The molecule has 0 fully saturated rings. The highest BCUT2D eigenvalue weighted by Crippen LogP contribution is 2.44. The standard InChI is InChI=1S/C32H22O3/c33-30-18-17-24(21-9-3-1-4-10-21)26-16-15-23(19-29(26)30)35-31-20-28(22-11-5-2-6-12-22)25-13-7-8-14-27(25)32(31)34/h1-20,33-34H. The summed E-state index contributed by atoms with van der Waals surface area (Å²) < 4.78 is 6.23. The Morgan fingerprint density at radius 2 is 1.06 bits per heavy atom. The van der Waals surface area contributed by atoms with Crippen molar-refractivity contribution >= 4 is 21.5 Å². The van der Waals surface area contributed by atoms with E-state index in [1.807, 2.05) is 103 Å². The molecule has 3 nitrogen and oxygen atoms in total. The first kappa shape index (κ1) is 20.8. The smallest absolute Gasteiger partial charge is 0.170 e. The molecule has 3 heteroatoms. The zero-order valence-corrected chi connectivity index (χ0v) is 18.8. The van der Waals surface area contributed by atoms with Crippen LogP contribution in [0.2, 0.25) is 0 Å². The molecule has 0 aliphatic carbocycles. The van der Waals surface area contributed by atoms with Crippen molar-refractivity contribution in [3.8, 4) is 45.3 Å². The Labute approximate surface area is 203 Å². The Kier molecular flexibility index (Phi) is 5.08. The Hall–Kier alpha value is -4.76. The van der Waals surface area contributed by atoms with Gasteiger partial charge in [0.2, 0.25) is 0 Å². The maximum Gasteiger partial charge on any atom is 0.170 e. The third kappa shape index (κ3) is 3.73. The summed E-state index contributed by atoms with van der Waals surface area (Å²) in [6.07, 6.45) is 0. The first-order valence-electron chi connectivity index (χ1n) is 11.5. The molecule has 0 saturated carbocycles. The van der Waals surface area contributed by atoms with E-state index in [9.17, 15) is 10.2 Å². The van der Waals surface area contributed by atoms with Crippen LogP contribution < -0.4 is 4.74 Å². The molecule has 0 radical (unpaired) electrons. The molecular formula is C32H22O3. The molecular weight excluding hydrogens is 432 g/mol.